The molecular formula is C46H53Cl2N7O7S. The highest BCUT2D eigenvalue weighted by Crippen LogP contribution is 2.45. The molecule has 8 rings (SSSR count). The van der Waals surface area contributed by atoms with Crippen LogP contribution in [0.5, 0.6) is 11.5 Å². The number of nitrogen functional groups attached to an aromatic ring is 1. The zero-order valence-corrected chi connectivity index (χ0v) is 37.8. The molecule has 3 fully saturated rings. The lowest BCUT2D eigenvalue weighted by Crippen LogP contribution is -2.47. The van der Waals surface area contributed by atoms with E-state index in [-0.39, 0.29) is 44.4 Å². The monoisotopic (exact) mass is 917 g/mol. The van der Waals surface area contributed by atoms with Crippen LogP contribution in [0.3, 0.4) is 0 Å². The Morgan fingerprint density at radius 2 is 1.73 bits per heavy atom. The van der Waals surface area contributed by atoms with Crippen molar-refractivity contribution in [2.75, 3.05) is 68.4 Å². The first-order chi connectivity index (χ1) is 30.1. The first-order valence-electron chi connectivity index (χ1n) is 21.4. The van der Waals surface area contributed by atoms with Crippen LogP contribution in [-0.2, 0) is 14.8 Å². The van der Waals surface area contributed by atoms with Crippen LogP contribution in [0, 0.1) is 26.9 Å². The average Bonchev–Trinajstić information content (AvgIpc) is 3.24. The molecule has 63 heavy (non-hydrogen) atoms. The Bertz CT molecular complexity index is 2510. The van der Waals surface area contributed by atoms with E-state index in [1.54, 1.807) is 12.1 Å². The average molecular weight is 919 g/mol. The third-order valence-corrected chi connectivity index (χ3v) is 15.0. The number of nitrogens with two attached hydrogens (primary N) is 1. The number of carbonyl (C=O) groups excluding carboxylic acids is 1. The van der Waals surface area contributed by atoms with Gasteiger partial charge >= 0.3 is 0 Å². The summed E-state index contributed by atoms with van der Waals surface area (Å²) in [5.74, 6) is -0.339. The van der Waals surface area contributed by atoms with E-state index in [2.05, 4.69) is 50.8 Å². The predicted molar refractivity (Wildman–Crippen MR) is 246 cm³/mol. The van der Waals surface area contributed by atoms with Crippen molar-refractivity contribution in [3.8, 4) is 11.5 Å². The van der Waals surface area contributed by atoms with Crippen molar-refractivity contribution in [1.29, 1.82) is 0 Å². The van der Waals surface area contributed by atoms with Gasteiger partial charge in [-0.2, -0.15) is 0 Å². The number of nitro benzene ring substituents is 1. The number of aromatic nitrogens is 1. The summed E-state index contributed by atoms with van der Waals surface area (Å²) in [7, 11) is -4.58. The van der Waals surface area contributed by atoms with E-state index in [0.29, 0.717) is 25.6 Å². The number of allylic oxidation sites excluding steroid dienone is 1. The maximum absolute atomic E-state index is 13.9. The molecular weight excluding hydrogens is 866 g/mol. The van der Waals surface area contributed by atoms with Gasteiger partial charge in [-0.15, -0.1) is 0 Å². The maximum Gasteiger partial charge on any atom is 0.293 e. The molecule has 3 heterocycles. The second kappa shape index (κ2) is 18.3. The number of hydrogen-bond donors (Lipinski definition) is 3. The molecule has 4 aliphatic rings. The van der Waals surface area contributed by atoms with Crippen LogP contribution in [-0.4, -0.2) is 81.6 Å². The Hall–Kier alpha value is -4.93. The molecule has 1 saturated carbocycles. The molecule has 0 radical (unpaired) electrons. The molecule has 2 aliphatic heterocycles. The van der Waals surface area contributed by atoms with Gasteiger partial charge in [-0.25, -0.2) is 18.1 Å². The lowest BCUT2D eigenvalue weighted by molar-refractivity contribution is -0.384. The van der Waals surface area contributed by atoms with Crippen LogP contribution in [0.15, 0.2) is 83.4 Å². The lowest BCUT2D eigenvalue weighted by Gasteiger charge is -2.46. The fourth-order valence-corrected chi connectivity index (χ4v) is 10.4. The Balaban J connectivity index is 0.972. The number of carbonyl (C=O) groups is 1. The number of piperazine rings is 1. The molecule has 0 atom stereocenters. The molecule has 1 spiro atoms. The minimum atomic E-state index is -4.58. The molecule has 3 aromatic carbocycles. The summed E-state index contributed by atoms with van der Waals surface area (Å²) in [6.07, 6.45) is 8.60. The quantitative estimate of drug-likeness (QED) is 0.0856. The molecule has 17 heteroatoms. The Kier molecular flexibility index (Phi) is 13.0. The zero-order valence-electron chi connectivity index (χ0n) is 35.5. The third kappa shape index (κ3) is 10.4. The molecule has 334 valence electrons. The molecule has 0 unspecified atom stereocenters. The van der Waals surface area contributed by atoms with Crippen LogP contribution in [0.1, 0.15) is 74.7 Å². The summed E-state index contributed by atoms with van der Waals surface area (Å²) in [5.41, 5.74) is 10.9. The van der Waals surface area contributed by atoms with E-state index >= 15 is 0 Å². The number of nitrogens with one attached hydrogen (secondary N) is 2. The van der Waals surface area contributed by atoms with Crippen molar-refractivity contribution >= 4 is 67.6 Å². The van der Waals surface area contributed by atoms with Crippen LogP contribution >= 0.6 is 23.2 Å². The SMILES string of the molecule is CC1(C)CCC(CN2CCN(c3ccc(C(=O)NS(=O)(=O)c4ccc(NCC5CCC6(CC5)COC6)c([N+](=O)[O-])c4)c(Oc4cnc(N)c(Cl)c4)c3)CC2)=C(c2ccc(Cl)cc2)C1. The minimum absolute atomic E-state index is 0.0526. The van der Waals surface area contributed by atoms with E-state index < -0.39 is 31.4 Å². The number of pyridine rings is 1. The van der Waals surface area contributed by atoms with Gasteiger partial charge in [0.25, 0.3) is 21.6 Å². The number of sulfonamides is 1. The number of anilines is 3. The normalized spacial score (nSPS) is 19.1. The molecule has 4 N–H and O–H groups in total. The fraction of sp³-hybridized carbons (Fsp3) is 0.435. The van der Waals surface area contributed by atoms with E-state index in [0.717, 1.165) is 94.6 Å². The first kappa shape index (κ1) is 44.7. The number of benzene rings is 3. The summed E-state index contributed by atoms with van der Waals surface area (Å²) in [4.78, 5) is 33.7. The largest absolute Gasteiger partial charge is 0.455 e. The van der Waals surface area contributed by atoms with Gasteiger partial charge in [-0.1, -0.05) is 54.8 Å². The first-order valence-corrected chi connectivity index (χ1v) is 23.6. The highest BCUT2D eigenvalue weighted by Gasteiger charge is 2.41. The number of amides is 1. The smallest absolute Gasteiger partial charge is 0.293 e. The van der Waals surface area contributed by atoms with Gasteiger partial charge < -0.3 is 25.4 Å². The minimum Gasteiger partial charge on any atom is -0.455 e. The number of nitro groups is 1. The van der Waals surface area contributed by atoms with Gasteiger partial charge in [0.1, 0.15) is 23.0 Å². The molecule has 1 amide bonds. The summed E-state index contributed by atoms with van der Waals surface area (Å²) in [6.45, 7) is 10.6. The highest BCUT2D eigenvalue weighted by molar-refractivity contribution is 7.90. The Morgan fingerprint density at radius 3 is 2.40 bits per heavy atom. The molecule has 14 nitrogen and oxygen atoms in total. The van der Waals surface area contributed by atoms with Crippen LogP contribution < -0.4 is 25.4 Å². The molecule has 2 aliphatic carbocycles. The molecule has 0 bridgehead atoms. The summed E-state index contributed by atoms with van der Waals surface area (Å²) in [5, 5.41) is 16.2. The van der Waals surface area contributed by atoms with Gasteiger partial charge in [0.05, 0.1) is 39.8 Å². The number of nitrogens with zero attached hydrogens (tertiary/aromatic N) is 4. The van der Waals surface area contributed by atoms with E-state index in [1.807, 2.05) is 12.1 Å². The van der Waals surface area contributed by atoms with Gasteiger partial charge in [-0.05, 0) is 104 Å². The van der Waals surface area contributed by atoms with Crippen molar-refractivity contribution in [2.24, 2.45) is 16.7 Å². The van der Waals surface area contributed by atoms with Crippen molar-refractivity contribution in [1.82, 2.24) is 14.6 Å². The van der Waals surface area contributed by atoms with Crippen molar-refractivity contribution < 1.29 is 27.6 Å². The lowest BCUT2D eigenvalue weighted by atomic mass is 9.69. The fourth-order valence-electron chi connectivity index (χ4n) is 9.13. The van der Waals surface area contributed by atoms with Gasteiger partial charge in [0.15, 0.2) is 0 Å². The predicted octanol–water partition coefficient (Wildman–Crippen LogP) is 9.19. The van der Waals surface area contributed by atoms with Gasteiger partial charge in [0.2, 0.25) is 0 Å². The van der Waals surface area contributed by atoms with Gasteiger partial charge in [-0.3, -0.25) is 19.8 Å². The molecule has 4 aromatic rings. The molecule has 2 saturated heterocycles. The Labute approximate surface area is 378 Å². The van der Waals surface area contributed by atoms with E-state index in [4.69, 9.17) is 38.4 Å². The number of rotatable bonds is 13. The number of halogens is 2. The summed E-state index contributed by atoms with van der Waals surface area (Å²) in [6, 6.07) is 18.1. The van der Waals surface area contributed by atoms with E-state index in [9.17, 15) is 23.3 Å². The summed E-state index contributed by atoms with van der Waals surface area (Å²) >= 11 is 12.5. The zero-order chi connectivity index (χ0) is 44.5. The summed E-state index contributed by atoms with van der Waals surface area (Å²) < 4.78 is 41.1. The van der Waals surface area contributed by atoms with Crippen LogP contribution in [0.4, 0.5) is 22.9 Å². The number of hydrogen-bond acceptors (Lipinski definition) is 12. The van der Waals surface area contributed by atoms with Gasteiger partial charge in [0, 0.05) is 73.6 Å². The van der Waals surface area contributed by atoms with Crippen molar-refractivity contribution in [3.63, 3.8) is 0 Å². The molecule has 1 aromatic heterocycles. The highest BCUT2D eigenvalue weighted by atomic mass is 35.5. The van der Waals surface area contributed by atoms with E-state index in [1.165, 1.54) is 47.2 Å². The maximum atomic E-state index is 13.9. The second-order valence-corrected chi connectivity index (χ2v) is 20.7. The van der Waals surface area contributed by atoms with Crippen LogP contribution in [0.2, 0.25) is 10.0 Å². The number of ether oxygens (including phenoxy) is 2. The topological polar surface area (TPSA) is 182 Å². The Morgan fingerprint density at radius 1 is 1.00 bits per heavy atom. The van der Waals surface area contributed by atoms with Crippen molar-refractivity contribution in [2.45, 2.75) is 63.7 Å². The van der Waals surface area contributed by atoms with Crippen molar-refractivity contribution in [3.05, 3.63) is 110 Å². The third-order valence-electron chi connectivity index (χ3n) is 13.1. The second-order valence-electron chi connectivity index (χ2n) is 18.2. The van der Waals surface area contributed by atoms with Crippen LogP contribution in [0.25, 0.3) is 5.57 Å². The standard InChI is InChI=1S/C46H53Cl2N7O7S/c1-45(2)14-13-32(38(24-45)31-3-5-33(47)6-4-31)27-53-17-19-54(20-18-53)34-7-9-37(42(21-34)62-35-22-39(48)43(49)51-26-35)44(56)52-63(59,60)36-8-10-40(41(23-36)55(57)58)50-25-30-11-15-46(16-12-30)28-61-29-46/h3-10,21-23,26,30,50H,11-20,24-25,27-29H2,1-2H3,(H2,49,51)(H,52,56).